The van der Waals surface area contributed by atoms with E-state index >= 15 is 0 Å². The van der Waals surface area contributed by atoms with Gasteiger partial charge in [0.1, 0.15) is 11.2 Å². The highest BCUT2D eigenvalue weighted by Crippen LogP contribution is 2.39. The predicted molar refractivity (Wildman–Crippen MR) is 388 cm³/mol. The molecule has 4 aromatic carbocycles. The number of aromatic nitrogens is 6. The predicted octanol–water partition coefficient (Wildman–Crippen LogP) is 13.9. The molecule has 4 atom stereocenters. The molecule has 4 aromatic heterocycles. The second-order valence-electron chi connectivity index (χ2n) is 26.9. The smallest absolute Gasteiger partial charge is 0.410 e. The number of ether oxygens (including phenoxy) is 2. The number of aliphatic carboxylic acids is 1. The molecular formula is C71H89Cl3N12O11S2. The first-order valence-corrected chi connectivity index (χ1v) is 36.4. The van der Waals surface area contributed by atoms with Gasteiger partial charge in [0, 0.05) is 90.6 Å². The van der Waals surface area contributed by atoms with Crippen LogP contribution in [0.25, 0.3) is 44.3 Å². The molecule has 0 bridgehead atoms. The highest BCUT2D eigenvalue weighted by Gasteiger charge is 2.34. The number of nitrogens with two attached hydrogens (primary N) is 1. The van der Waals surface area contributed by atoms with E-state index in [1.807, 2.05) is 71.9 Å². The molecule has 0 unspecified atom stereocenters. The normalized spacial score (nSPS) is 18.6. The van der Waals surface area contributed by atoms with Crippen molar-refractivity contribution in [2.24, 2.45) is 17.6 Å². The van der Waals surface area contributed by atoms with Gasteiger partial charge in [-0.25, -0.2) is 54.3 Å². The molecule has 2 saturated carbocycles. The SMILES string of the molecule is C.CC(C)(C)OC(=O)N1CCC(C(=O)N[C@H]2CCC[C@@H](Nc3ncc(Cl)c(-c4cn(S(=O)(=O)c5ccccc5)c5ccccc45)n3)C2)CC1.CC(C)(C)OC(=O)N1CCC(C(=O)O)CC1.Cl.N[C@H]1CCC[C@@H](Nc2ncc(Cl)c(-c3cn(S(=O)(=O)c4ccccc4)c4ccccc34)n2)C1. The lowest BCUT2D eigenvalue weighted by Gasteiger charge is -2.35. The molecule has 3 amide bonds. The maximum absolute atomic E-state index is 13.6. The third-order valence-corrected chi connectivity index (χ3v) is 21.3. The van der Waals surface area contributed by atoms with Gasteiger partial charge in [-0.05, 0) is 155 Å². The van der Waals surface area contributed by atoms with Gasteiger partial charge >= 0.3 is 18.2 Å². The molecule has 8 aromatic rings. The van der Waals surface area contributed by atoms with E-state index < -0.39 is 37.2 Å². The van der Waals surface area contributed by atoms with Crippen molar-refractivity contribution < 1.29 is 50.6 Å². The van der Waals surface area contributed by atoms with Gasteiger partial charge in [-0.15, -0.1) is 12.4 Å². The summed E-state index contributed by atoms with van der Waals surface area (Å²) in [5.74, 6) is -0.384. The summed E-state index contributed by atoms with van der Waals surface area (Å²) in [5.41, 5.74) is 8.24. The third kappa shape index (κ3) is 19.3. The van der Waals surface area contributed by atoms with Crippen molar-refractivity contribution in [1.82, 2.24) is 43.0 Å². The Labute approximate surface area is 595 Å². The minimum absolute atomic E-state index is 0. The zero-order chi connectivity index (χ0) is 69.4. The van der Waals surface area contributed by atoms with E-state index in [2.05, 4.69) is 30.9 Å². The van der Waals surface area contributed by atoms with Gasteiger partial charge in [0.05, 0.1) is 60.6 Å². The zero-order valence-corrected chi connectivity index (χ0v) is 59.6. The third-order valence-electron chi connectivity index (χ3n) is 17.4. The summed E-state index contributed by atoms with van der Waals surface area (Å²) in [7, 11) is -7.68. The Bertz CT molecular complexity index is 4350. The lowest BCUT2D eigenvalue weighted by Crippen LogP contribution is -2.48. The van der Waals surface area contributed by atoms with E-state index in [1.54, 1.807) is 107 Å². The van der Waals surface area contributed by atoms with Gasteiger partial charge in [0.25, 0.3) is 20.0 Å². The van der Waals surface area contributed by atoms with Gasteiger partial charge in [-0.1, -0.05) is 103 Å². The number of carbonyl (C=O) groups excluding carboxylic acids is 3. The van der Waals surface area contributed by atoms with E-state index in [-0.39, 0.29) is 83.7 Å². The fraction of sp³-hybridized carbons (Fsp3) is 0.437. The molecule has 28 heteroatoms. The molecule has 0 spiro atoms. The largest absolute Gasteiger partial charge is 0.481 e. The number of carboxylic acid groups (broad SMARTS) is 1. The van der Waals surface area contributed by atoms with Crippen LogP contribution in [0.15, 0.2) is 144 Å². The Hall–Kier alpha value is -8.07. The highest BCUT2D eigenvalue weighted by atomic mass is 35.5. The van der Waals surface area contributed by atoms with Crippen molar-refractivity contribution in [2.75, 3.05) is 36.8 Å². The van der Waals surface area contributed by atoms with Crippen LogP contribution in [0, 0.1) is 11.8 Å². The van der Waals surface area contributed by atoms with Gasteiger partial charge in [0.2, 0.25) is 17.8 Å². The Morgan fingerprint density at radius 1 is 0.545 bits per heavy atom. The van der Waals surface area contributed by atoms with Gasteiger partial charge < -0.3 is 46.1 Å². The van der Waals surface area contributed by atoms with E-state index in [0.29, 0.717) is 119 Å². The molecule has 2 aliphatic carbocycles. The Morgan fingerprint density at radius 3 is 1.34 bits per heavy atom. The lowest BCUT2D eigenvalue weighted by molar-refractivity contribution is -0.143. The molecule has 532 valence electrons. The Morgan fingerprint density at radius 2 is 0.929 bits per heavy atom. The number of piperidine rings is 2. The van der Waals surface area contributed by atoms with E-state index in [1.165, 1.54) is 14.1 Å². The number of nitrogens with one attached hydrogen (secondary N) is 3. The van der Waals surface area contributed by atoms with E-state index in [0.717, 1.165) is 50.3 Å². The van der Waals surface area contributed by atoms with Crippen LogP contribution in [0.5, 0.6) is 0 Å². The minimum Gasteiger partial charge on any atom is -0.481 e. The molecule has 23 nitrogen and oxygen atoms in total. The first-order chi connectivity index (χ1) is 46.1. The van der Waals surface area contributed by atoms with Crippen molar-refractivity contribution in [1.29, 1.82) is 0 Å². The fourth-order valence-electron chi connectivity index (χ4n) is 12.5. The number of carboxylic acids is 1. The van der Waals surface area contributed by atoms with Gasteiger partial charge in [-0.3, -0.25) is 9.59 Å². The van der Waals surface area contributed by atoms with Crippen molar-refractivity contribution in [3.05, 3.63) is 144 Å². The number of fused-ring (bicyclic) bond motifs is 2. The summed E-state index contributed by atoms with van der Waals surface area (Å²) in [5, 5.41) is 21.0. The molecule has 4 fully saturated rings. The monoisotopic (exact) mass is 1450 g/mol. The number of likely N-dealkylation sites (tertiary alicyclic amines) is 2. The number of hydrogen-bond donors (Lipinski definition) is 5. The molecule has 6 N–H and O–H groups in total. The fourth-order valence-corrected chi connectivity index (χ4v) is 15.7. The molecule has 2 aliphatic heterocycles. The van der Waals surface area contributed by atoms with Crippen molar-refractivity contribution in [3.8, 4) is 22.5 Å². The second kappa shape index (κ2) is 32.9. The molecule has 4 aliphatic rings. The summed E-state index contributed by atoms with van der Waals surface area (Å²) in [6.07, 6.45) is 15.1. The number of para-hydroxylation sites is 2. The van der Waals surface area contributed by atoms with Crippen LogP contribution in [0.4, 0.5) is 21.5 Å². The van der Waals surface area contributed by atoms with Gasteiger partial charge in [0.15, 0.2) is 0 Å². The first-order valence-electron chi connectivity index (χ1n) is 32.8. The maximum Gasteiger partial charge on any atom is 0.410 e. The summed E-state index contributed by atoms with van der Waals surface area (Å²) in [6.45, 7) is 12.9. The summed E-state index contributed by atoms with van der Waals surface area (Å²) < 4.78 is 67.3. The van der Waals surface area contributed by atoms with Gasteiger partial charge in [-0.2, -0.15) is 0 Å². The maximum atomic E-state index is 13.6. The summed E-state index contributed by atoms with van der Waals surface area (Å²) in [6, 6.07) is 31.6. The molecule has 6 heterocycles. The van der Waals surface area contributed by atoms with Crippen LogP contribution < -0.4 is 21.7 Å². The van der Waals surface area contributed by atoms with Crippen LogP contribution in [0.2, 0.25) is 10.0 Å². The van der Waals surface area contributed by atoms with Crippen LogP contribution in [0.1, 0.15) is 126 Å². The van der Waals surface area contributed by atoms with Crippen molar-refractivity contribution in [3.63, 3.8) is 0 Å². The molecule has 2 saturated heterocycles. The average Bonchev–Trinajstić information content (AvgIpc) is 1.60. The minimum atomic E-state index is -3.88. The Kier molecular flexibility index (Phi) is 25.5. The first kappa shape index (κ1) is 76.7. The number of benzene rings is 4. The van der Waals surface area contributed by atoms with E-state index in [9.17, 15) is 36.0 Å². The quantitative estimate of drug-likeness (QED) is 0.0716. The summed E-state index contributed by atoms with van der Waals surface area (Å²) in [4.78, 5) is 69.9. The number of halogens is 3. The number of carbonyl (C=O) groups is 4. The van der Waals surface area contributed by atoms with Crippen LogP contribution in [-0.2, 0) is 39.1 Å². The zero-order valence-electron chi connectivity index (χ0n) is 55.6. The number of nitrogens with zero attached hydrogens (tertiary/aromatic N) is 8. The molecule has 12 rings (SSSR count). The molecule has 99 heavy (non-hydrogen) atoms. The lowest BCUT2D eigenvalue weighted by atomic mass is 9.89. The van der Waals surface area contributed by atoms with E-state index in [4.69, 9.17) is 48.5 Å². The number of anilines is 2. The number of rotatable bonds is 13. The Balaban J connectivity index is 0.000000211. The van der Waals surface area contributed by atoms with Crippen LogP contribution in [-0.4, -0.2) is 145 Å². The molecule has 0 radical (unpaired) electrons. The summed E-state index contributed by atoms with van der Waals surface area (Å²) >= 11 is 13.1. The van der Waals surface area contributed by atoms with Crippen molar-refractivity contribution in [2.45, 2.75) is 171 Å². The average molecular weight is 1460 g/mol. The molecular weight excluding hydrogens is 1370 g/mol. The topological polar surface area (TPSA) is 305 Å². The van der Waals surface area contributed by atoms with Crippen molar-refractivity contribution >= 4 is 113 Å². The number of hydrogen-bond acceptors (Lipinski definition) is 17. The standard InChI is InChI=1S/C35H41ClN6O5S.C24H24ClN5O2S.C11H19NO4.CH4.ClH/c1-35(2,3)47-34(44)41-18-16-23(17-19-41)32(43)38-24-10-9-11-25(20-24)39-33-37-21-29(36)31(40-33)28-22-42(30-15-8-7-14-27(28)30)48(45,46)26-12-5-4-6-13-26;25-21-14-27-24(28-17-8-6-7-16(26)13-17)29-23(21)20-15-30(22-12-5-4-11-19(20)22)33(31,32)18-9-2-1-3-10-18;1-11(2,3)16-10(15)12-6-4-8(5-7-12)9(13)14;;/h4-8,12-15,21-25H,9-11,16-20H2,1-3H3,(H,38,43)(H,37,39,40);1-5,9-12,14-17H,6-8,13,26H2,(H,27,28,29);8H,4-7H2,1-3H3,(H,13,14);1H4;1H/t24-,25+;16-,17+;;;/m00.../s1. The highest BCUT2D eigenvalue weighted by molar-refractivity contribution is 7.90. The second-order valence-corrected chi connectivity index (χ2v) is 31.4. The number of amides is 3. The van der Waals surface area contributed by atoms with Crippen LogP contribution >= 0.6 is 35.6 Å². The van der Waals surface area contributed by atoms with Crippen LogP contribution in [0.3, 0.4) is 0 Å².